The van der Waals surface area contributed by atoms with Gasteiger partial charge in [0.15, 0.2) is 0 Å². The van der Waals surface area contributed by atoms with Gasteiger partial charge < -0.3 is 9.52 Å². The lowest BCUT2D eigenvalue weighted by Crippen LogP contribution is -2.42. The standard InChI is InChI=1S/C20H20FN3O2/c21-17-9-5-4-8-16(17)20(25)10-12-24(13-11-20)14-18-22-23-19(26-18)15-6-2-1-3-7-15/h1-9,25H,10-14H2. The number of hydrogen-bond acceptors (Lipinski definition) is 5. The number of halogens is 1. The summed E-state index contributed by atoms with van der Waals surface area (Å²) in [5.74, 6) is 0.688. The minimum Gasteiger partial charge on any atom is -0.419 e. The molecule has 1 aliphatic rings. The van der Waals surface area contributed by atoms with Crippen LogP contribution in [0.1, 0.15) is 24.3 Å². The third-order valence-corrected chi connectivity index (χ3v) is 4.90. The fourth-order valence-corrected chi connectivity index (χ4v) is 3.40. The fourth-order valence-electron chi connectivity index (χ4n) is 3.40. The molecule has 4 rings (SSSR count). The molecule has 0 radical (unpaired) electrons. The number of nitrogens with zero attached hydrogens (tertiary/aromatic N) is 3. The molecule has 0 saturated carbocycles. The van der Waals surface area contributed by atoms with Gasteiger partial charge in [-0.25, -0.2) is 4.39 Å². The molecule has 1 aromatic heterocycles. The Morgan fingerprint density at radius 1 is 1.00 bits per heavy atom. The Morgan fingerprint density at radius 3 is 2.42 bits per heavy atom. The Labute approximate surface area is 151 Å². The molecule has 6 heteroatoms. The van der Waals surface area contributed by atoms with Gasteiger partial charge in [0.05, 0.1) is 12.1 Å². The van der Waals surface area contributed by atoms with Crippen LogP contribution in [0.3, 0.4) is 0 Å². The number of piperidine rings is 1. The summed E-state index contributed by atoms with van der Waals surface area (Å²) in [6, 6.07) is 16.1. The molecule has 2 aromatic carbocycles. The topological polar surface area (TPSA) is 62.4 Å². The molecule has 1 aliphatic heterocycles. The van der Waals surface area contributed by atoms with Gasteiger partial charge in [-0.2, -0.15) is 0 Å². The summed E-state index contributed by atoms with van der Waals surface area (Å²) < 4.78 is 19.8. The summed E-state index contributed by atoms with van der Waals surface area (Å²) in [7, 11) is 0. The van der Waals surface area contributed by atoms with Crippen molar-refractivity contribution in [2.75, 3.05) is 13.1 Å². The van der Waals surface area contributed by atoms with Crippen LogP contribution in [-0.2, 0) is 12.1 Å². The molecule has 1 N–H and O–H groups in total. The van der Waals surface area contributed by atoms with Crippen molar-refractivity contribution in [2.24, 2.45) is 0 Å². The lowest BCUT2D eigenvalue weighted by molar-refractivity contribution is -0.0317. The highest BCUT2D eigenvalue weighted by molar-refractivity contribution is 5.51. The van der Waals surface area contributed by atoms with E-state index in [4.69, 9.17) is 4.42 Å². The minimum absolute atomic E-state index is 0.354. The van der Waals surface area contributed by atoms with Crippen molar-refractivity contribution in [3.8, 4) is 11.5 Å². The Morgan fingerprint density at radius 2 is 1.69 bits per heavy atom. The van der Waals surface area contributed by atoms with Gasteiger partial charge in [0.1, 0.15) is 5.82 Å². The molecule has 1 saturated heterocycles. The van der Waals surface area contributed by atoms with Crippen LogP contribution in [0.15, 0.2) is 59.0 Å². The van der Waals surface area contributed by atoms with Crippen LogP contribution >= 0.6 is 0 Å². The zero-order valence-electron chi connectivity index (χ0n) is 14.3. The highest BCUT2D eigenvalue weighted by atomic mass is 19.1. The highest BCUT2D eigenvalue weighted by Crippen LogP contribution is 2.34. The molecule has 1 fully saturated rings. The van der Waals surface area contributed by atoms with Crippen molar-refractivity contribution in [1.82, 2.24) is 15.1 Å². The first-order chi connectivity index (χ1) is 12.6. The quantitative estimate of drug-likeness (QED) is 0.779. The van der Waals surface area contributed by atoms with Crippen LogP contribution in [0.5, 0.6) is 0 Å². The molecular weight excluding hydrogens is 333 g/mol. The largest absolute Gasteiger partial charge is 0.419 e. The predicted molar refractivity (Wildman–Crippen MR) is 94.5 cm³/mol. The number of aromatic nitrogens is 2. The van der Waals surface area contributed by atoms with E-state index in [1.54, 1.807) is 18.2 Å². The van der Waals surface area contributed by atoms with Gasteiger partial charge in [0.25, 0.3) is 0 Å². The van der Waals surface area contributed by atoms with Crippen LogP contribution in [0, 0.1) is 5.82 Å². The fraction of sp³-hybridized carbons (Fsp3) is 0.300. The van der Waals surface area contributed by atoms with Crippen LogP contribution in [0.2, 0.25) is 0 Å². The lowest BCUT2D eigenvalue weighted by atomic mass is 9.84. The third-order valence-electron chi connectivity index (χ3n) is 4.90. The molecule has 0 amide bonds. The summed E-state index contributed by atoms with van der Waals surface area (Å²) in [4.78, 5) is 2.14. The van der Waals surface area contributed by atoms with Gasteiger partial charge >= 0.3 is 0 Å². The average Bonchev–Trinajstić information content (AvgIpc) is 3.13. The number of hydrogen-bond donors (Lipinski definition) is 1. The zero-order chi connectivity index (χ0) is 18.0. The number of rotatable bonds is 4. The lowest BCUT2D eigenvalue weighted by Gasteiger charge is -2.38. The molecule has 2 heterocycles. The second-order valence-corrected chi connectivity index (χ2v) is 6.65. The zero-order valence-corrected chi connectivity index (χ0v) is 14.3. The van der Waals surface area contributed by atoms with Gasteiger partial charge in [0, 0.05) is 24.2 Å². The Hall–Kier alpha value is -2.57. The van der Waals surface area contributed by atoms with E-state index in [0.717, 1.165) is 5.56 Å². The van der Waals surface area contributed by atoms with E-state index in [1.165, 1.54) is 6.07 Å². The van der Waals surface area contributed by atoms with Crippen molar-refractivity contribution < 1.29 is 13.9 Å². The van der Waals surface area contributed by atoms with Crippen LogP contribution in [-0.4, -0.2) is 33.3 Å². The summed E-state index contributed by atoms with van der Waals surface area (Å²) >= 11 is 0. The first-order valence-corrected chi connectivity index (χ1v) is 8.72. The molecule has 0 atom stereocenters. The van der Waals surface area contributed by atoms with E-state index in [1.807, 2.05) is 30.3 Å². The maximum Gasteiger partial charge on any atom is 0.247 e. The van der Waals surface area contributed by atoms with Gasteiger partial charge in [-0.05, 0) is 31.0 Å². The van der Waals surface area contributed by atoms with Crippen LogP contribution < -0.4 is 0 Å². The summed E-state index contributed by atoms with van der Waals surface area (Å²) in [5.41, 5.74) is 0.147. The van der Waals surface area contributed by atoms with E-state index in [2.05, 4.69) is 15.1 Å². The summed E-state index contributed by atoms with van der Waals surface area (Å²) in [6.07, 6.45) is 0.932. The maximum atomic E-state index is 14.0. The van der Waals surface area contributed by atoms with Crippen molar-refractivity contribution in [2.45, 2.75) is 25.0 Å². The SMILES string of the molecule is OC1(c2ccccc2F)CCN(Cc2nnc(-c3ccccc3)o2)CC1. The highest BCUT2D eigenvalue weighted by Gasteiger charge is 2.36. The van der Waals surface area contributed by atoms with E-state index in [-0.39, 0.29) is 5.82 Å². The van der Waals surface area contributed by atoms with Gasteiger partial charge in [-0.3, -0.25) is 4.90 Å². The first kappa shape index (κ1) is 16.9. The molecule has 3 aromatic rings. The molecule has 134 valence electrons. The Kier molecular flexibility index (Phi) is 4.53. The van der Waals surface area contributed by atoms with Crippen molar-refractivity contribution in [3.63, 3.8) is 0 Å². The predicted octanol–water partition coefficient (Wildman–Crippen LogP) is 3.36. The van der Waals surface area contributed by atoms with Crippen molar-refractivity contribution in [1.29, 1.82) is 0 Å². The van der Waals surface area contributed by atoms with Crippen molar-refractivity contribution in [3.05, 3.63) is 71.9 Å². The normalized spacial score (nSPS) is 17.3. The number of benzene rings is 2. The Bertz CT molecular complexity index is 874. The van der Waals surface area contributed by atoms with E-state index in [0.29, 0.717) is 49.8 Å². The minimum atomic E-state index is -1.12. The molecule has 0 aliphatic carbocycles. The third kappa shape index (κ3) is 3.38. The Balaban J connectivity index is 1.40. The summed E-state index contributed by atoms with van der Waals surface area (Å²) in [6.45, 7) is 1.79. The monoisotopic (exact) mass is 353 g/mol. The van der Waals surface area contributed by atoms with Crippen LogP contribution in [0.4, 0.5) is 4.39 Å². The summed E-state index contributed by atoms with van der Waals surface area (Å²) in [5, 5.41) is 19.1. The van der Waals surface area contributed by atoms with Crippen molar-refractivity contribution >= 4 is 0 Å². The maximum absolute atomic E-state index is 14.0. The van der Waals surface area contributed by atoms with E-state index in [9.17, 15) is 9.50 Å². The number of aliphatic hydroxyl groups is 1. The van der Waals surface area contributed by atoms with E-state index < -0.39 is 5.60 Å². The molecule has 26 heavy (non-hydrogen) atoms. The van der Waals surface area contributed by atoms with Gasteiger partial charge in [-0.15, -0.1) is 10.2 Å². The average molecular weight is 353 g/mol. The second kappa shape index (κ2) is 6.97. The van der Waals surface area contributed by atoms with E-state index >= 15 is 0 Å². The smallest absolute Gasteiger partial charge is 0.247 e. The molecule has 0 bridgehead atoms. The second-order valence-electron chi connectivity index (χ2n) is 6.65. The first-order valence-electron chi connectivity index (χ1n) is 8.72. The molecule has 0 unspecified atom stereocenters. The number of likely N-dealkylation sites (tertiary alicyclic amines) is 1. The molecule has 5 nitrogen and oxygen atoms in total. The molecular formula is C20H20FN3O2. The molecule has 0 spiro atoms. The van der Waals surface area contributed by atoms with Gasteiger partial charge in [-0.1, -0.05) is 36.4 Å². The van der Waals surface area contributed by atoms with Gasteiger partial charge in [0.2, 0.25) is 11.8 Å². The van der Waals surface area contributed by atoms with Crippen LogP contribution in [0.25, 0.3) is 11.5 Å².